The Morgan fingerprint density at radius 3 is 2.35 bits per heavy atom. The van der Waals surface area contributed by atoms with Gasteiger partial charge in [0, 0.05) is 5.02 Å². The van der Waals surface area contributed by atoms with Crippen molar-refractivity contribution in [1.29, 1.82) is 0 Å². The summed E-state index contributed by atoms with van der Waals surface area (Å²) in [6, 6.07) is 15.8. The molecular formula is C14H13ClN2O2S. The van der Waals surface area contributed by atoms with E-state index in [0.717, 1.165) is 5.56 Å². The van der Waals surface area contributed by atoms with Gasteiger partial charge in [0.15, 0.2) is 0 Å². The maximum atomic E-state index is 11.8. The van der Waals surface area contributed by atoms with Crippen molar-refractivity contribution in [1.82, 2.24) is 4.83 Å². The third-order valence-electron chi connectivity index (χ3n) is 2.47. The smallest absolute Gasteiger partial charge is 0.205 e. The molecular weight excluding hydrogens is 296 g/mol. The van der Waals surface area contributed by atoms with Crippen molar-refractivity contribution in [3.63, 3.8) is 0 Å². The Kier molecular flexibility index (Phi) is 4.76. The first-order valence-electron chi connectivity index (χ1n) is 5.87. The van der Waals surface area contributed by atoms with E-state index in [1.165, 1.54) is 6.21 Å². The molecule has 0 unspecified atom stereocenters. The summed E-state index contributed by atoms with van der Waals surface area (Å²) in [6.07, 6.45) is 1.43. The first-order chi connectivity index (χ1) is 9.55. The van der Waals surface area contributed by atoms with Gasteiger partial charge in [-0.15, -0.1) is 0 Å². The van der Waals surface area contributed by atoms with Crippen LogP contribution in [-0.4, -0.2) is 14.6 Å². The molecule has 0 atom stereocenters. The summed E-state index contributed by atoms with van der Waals surface area (Å²) in [6.45, 7) is 0. The number of halogens is 1. The lowest BCUT2D eigenvalue weighted by atomic mass is 10.2. The number of hydrogen-bond donors (Lipinski definition) is 1. The Morgan fingerprint density at radius 1 is 1.05 bits per heavy atom. The van der Waals surface area contributed by atoms with Crippen LogP contribution in [0.4, 0.5) is 0 Å². The van der Waals surface area contributed by atoms with Gasteiger partial charge >= 0.3 is 0 Å². The van der Waals surface area contributed by atoms with E-state index in [9.17, 15) is 8.42 Å². The van der Waals surface area contributed by atoms with Crippen molar-refractivity contribution in [2.75, 3.05) is 0 Å². The highest BCUT2D eigenvalue weighted by molar-refractivity contribution is 7.88. The molecule has 0 aliphatic carbocycles. The van der Waals surface area contributed by atoms with E-state index in [-0.39, 0.29) is 5.75 Å². The molecule has 20 heavy (non-hydrogen) atoms. The topological polar surface area (TPSA) is 58.5 Å². The van der Waals surface area contributed by atoms with Crippen LogP contribution in [0.5, 0.6) is 0 Å². The van der Waals surface area contributed by atoms with Crippen molar-refractivity contribution in [3.05, 3.63) is 70.7 Å². The molecule has 0 aliphatic rings. The van der Waals surface area contributed by atoms with Crippen LogP contribution in [0.15, 0.2) is 59.7 Å². The van der Waals surface area contributed by atoms with Gasteiger partial charge in [0.25, 0.3) is 10.0 Å². The van der Waals surface area contributed by atoms with Crippen molar-refractivity contribution in [2.45, 2.75) is 5.75 Å². The second kappa shape index (κ2) is 6.54. The fourth-order valence-electron chi connectivity index (χ4n) is 1.56. The van der Waals surface area contributed by atoms with Crippen LogP contribution in [0.3, 0.4) is 0 Å². The van der Waals surface area contributed by atoms with Gasteiger partial charge in [0.1, 0.15) is 0 Å². The molecule has 2 aromatic rings. The van der Waals surface area contributed by atoms with Crippen LogP contribution < -0.4 is 4.83 Å². The van der Waals surface area contributed by atoms with E-state index >= 15 is 0 Å². The third-order valence-corrected chi connectivity index (χ3v) is 3.82. The zero-order valence-corrected chi connectivity index (χ0v) is 12.1. The highest BCUT2D eigenvalue weighted by atomic mass is 35.5. The number of sulfonamides is 1. The Balaban J connectivity index is 1.97. The molecule has 2 aromatic carbocycles. The summed E-state index contributed by atoms with van der Waals surface area (Å²) < 4.78 is 23.6. The second-order valence-corrected chi connectivity index (χ2v) is 6.28. The largest absolute Gasteiger partial charge is 0.251 e. The second-order valence-electron chi connectivity index (χ2n) is 4.15. The molecule has 0 saturated heterocycles. The van der Waals surface area contributed by atoms with Gasteiger partial charge in [-0.2, -0.15) is 5.10 Å². The maximum absolute atomic E-state index is 11.8. The Hall–Kier alpha value is -1.85. The number of benzene rings is 2. The predicted molar refractivity (Wildman–Crippen MR) is 81.2 cm³/mol. The highest BCUT2D eigenvalue weighted by Gasteiger charge is 2.09. The van der Waals surface area contributed by atoms with Crippen LogP contribution >= 0.6 is 11.6 Å². The van der Waals surface area contributed by atoms with Gasteiger partial charge in [-0.25, -0.2) is 13.2 Å². The average molecular weight is 309 g/mol. The van der Waals surface area contributed by atoms with Crippen LogP contribution in [0, 0.1) is 0 Å². The third kappa shape index (κ3) is 4.68. The Labute approximate surface area is 123 Å². The maximum Gasteiger partial charge on any atom is 0.251 e. The summed E-state index contributed by atoms with van der Waals surface area (Å²) in [5, 5.41) is 4.35. The quantitative estimate of drug-likeness (QED) is 0.682. The minimum absolute atomic E-state index is 0.105. The minimum atomic E-state index is -3.49. The van der Waals surface area contributed by atoms with Gasteiger partial charge in [0.2, 0.25) is 0 Å². The van der Waals surface area contributed by atoms with Gasteiger partial charge in [-0.05, 0) is 23.3 Å². The van der Waals surface area contributed by atoms with Crippen LogP contribution in [0.25, 0.3) is 0 Å². The van der Waals surface area contributed by atoms with Crippen molar-refractivity contribution in [2.24, 2.45) is 5.10 Å². The van der Waals surface area contributed by atoms with E-state index in [4.69, 9.17) is 11.6 Å². The lowest BCUT2D eigenvalue weighted by Gasteiger charge is -2.03. The van der Waals surface area contributed by atoms with Crippen molar-refractivity contribution in [3.8, 4) is 0 Å². The number of hydrazone groups is 1. The summed E-state index contributed by atoms with van der Waals surface area (Å²) in [5.41, 5.74) is 1.47. The van der Waals surface area contributed by atoms with Gasteiger partial charge in [0.05, 0.1) is 12.0 Å². The lowest BCUT2D eigenvalue weighted by Crippen LogP contribution is -2.20. The zero-order valence-electron chi connectivity index (χ0n) is 10.5. The Morgan fingerprint density at radius 2 is 1.70 bits per heavy atom. The molecule has 0 heterocycles. The number of hydrogen-bond acceptors (Lipinski definition) is 3. The number of rotatable bonds is 5. The minimum Gasteiger partial charge on any atom is -0.205 e. The summed E-state index contributed by atoms with van der Waals surface area (Å²) in [4.78, 5) is 2.18. The van der Waals surface area contributed by atoms with Gasteiger partial charge in [-0.1, -0.05) is 54.1 Å². The fraction of sp³-hybridized carbons (Fsp3) is 0.0714. The molecule has 2 rings (SSSR count). The molecule has 1 N–H and O–H groups in total. The first-order valence-corrected chi connectivity index (χ1v) is 7.90. The SMILES string of the molecule is O=S(=O)(Cc1ccccc1)NN=Cc1ccc(Cl)cc1. The fourth-order valence-corrected chi connectivity index (χ4v) is 2.59. The van der Waals surface area contributed by atoms with Crippen molar-refractivity contribution < 1.29 is 8.42 Å². The molecule has 0 radical (unpaired) electrons. The van der Waals surface area contributed by atoms with E-state index in [1.807, 2.05) is 6.07 Å². The van der Waals surface area contributed by atoms with E-state index in [1.54, 1.807) is 48.5 Å². The van der Waals surface area contributed by atoms with Crippen LogP contribution in [0.2, 0.25) is 5.02 Å². The highest BCUT2D eigenvalue weighted by Crippen LogP contribution is 2.08. The monoisotopic (exact) mass is 308 g/mol. The van der Waals surface area contributed by atoms with Crippen LogP contribution in [-0.2, 0) is 15.8 Å². The average Bonchev–Trinajstić information content (AvgIpc) is 2.41. The van der Waals surface area contributed by atoms with Crippen molar-refractivity contribution >= 4 is 27.8 Å². The molecule has 0 saturated carbocycles. The van der Waals surface area contributed by atoms with Crippen LogP contribution in [0.1, 0.15) is 11.1 Å². The molecule has 0 fully saturated rings. The molecule has 0 spiro atoms. The predicted octanol–water partition coefficient (Wildman–Crippen LogP) is 2.79. The zero-order chi connectivity index (χ0) is 14.4. The molecule has 0 aliphatic heterocycles. The number of nitrogens with zero attached hydrogens (tertiary/aromatic N) is 1. The molecule has 0 bridgehead atoms. The normalized spacial score (nSPS) is 11.7. The summed E-state index contributed by atoms with van der Waals surface area (Å²) in [5.74, 6) is -0.105. The van der Waals surface area contributed by atoms with Gasteiger partial charge < -0.3 is 0 Å². The molecule has 6 heteroatoms. The van der Waals surface area contributed by atoms with Gasteiger partial charge in [-0.3, -0.25) is 0 Å². The number of nitrogens with one attached hydrogen (secondary N) is 1. The summed E-state index contributed by atoms with van der Waals surface area (Å²) >= 11 is 5.75. The standard InChI is InChI=1S/C14H13ClN2O2S/c15-14-8-6-12(7-9-14)10-16-17-20(18,19)11-13-4-2-1-3-5-13/h1-10,17H,11H2. The van der Waals surface area contributed by atoms with E-state index in [2.05, 4.69) is 9.93 Å². The summed E-state index contributed by atoms with van der Waals surface area (Å²) in [7, 11) is -3.49. The first kappa shape index (κ1) is 14.6. The molecule has 0 aromatic heterocycles. The lowest BCUT2D eigenvalue weighted by molar-refractivity contribution is 0.584. The molecule has 4 nitrogen and oxygen atoms in total. The van der Waals surface area contributed by atoms with E-state index in [0.29, 0.717) is 10.6 Å². The molecule has 104 valence electrons. The van der Waals surface area contributed by atoms with E-state index < -0.39 is 10.0 Å². The Bertz CT molecular complexity index is 683. The molecule has 0 amide bonds.